The molecule has 18 heavy (non-hydrogen) atoms. The fourth-order valence-electron chi connectivity index (χ4n) is 3.99. The molecule has 0 aromatic carbocycles. The Bertz CT molecular complexity index is 420. The van der Waals surface area contributed by atoms with Crippen molar-refractivity contribution >= 4 is 11.8 Å². The molecule has 1 aliphatic heterocycles. The van der Waals surface area contributed by atoms with Crippen LogP contribution in [0.5, 0.6) is 0 Å². The monoisotopic (exact) mass is 245 g/mol. The molecule has 3 aliphatic rings. The van der Waals surface area contributed by atoms with Crippen LogP contribution in [0.4, 0.5) is 0 Å². The Balaban J connectivity index is 1.62. The first-order valence-electron chi connectivity index (χ1n) is 6.92. The summed E-state index contributed by atoms with van der Waals surface area (Å²) in [4.78, 5) is 24.4. The number of hydrogen-bond acceptors (Lipinski definition) is 2. The molecule has 2 amide bonds. The summed E-state index contributed by atoms with van der Waals surface area (Å²) in [5.41, 5.74) is 0. The van der Waals surface area contributed by atoms with Gasteiger partial charge in [-0.2, -0.15) is 0 Å². The van der Waals surface area contributed by atoms with Crippen LogP contribution in [-0.4, -0.2) is 23.3 Å². The predicted molar refractivity (Wildman–Crippen MR) is 68.5 cm³/mol. The Kier molecular flexibility index (Phi) is 2.84. The Hall–Kier alpha value is -1.38. The average Bonchev–Trinajstić information content (AvgIpc) is 3.03. The summed E-state index contributed by atoms with van der Waals surface area (Å²) in [6.07, 6.45) is 10.9. The second-order valence-corrected chi connectivity index (χ2v) is 5.63. The van der Waals surface area contributed by atoms with Crippen molar-refractivity contribution in [3.63, 3.8) is 0 Å². The minimum atomic E-state index is -0.147. The van der Waals surface area contributed by atoms with Gasteiger partial charge in [0.25, 0.3) is 11.8 Å². The zero-order valence-electron chi connectivity index (χ0n) is 10.7. The van der Waals surface area contributed by atoms with E-state index in [1.807, 2.05) is 0 Å². The standard InChI is InChI=1S/C15H19NO2/c1-2-12-10-3-4-11(9-10)13(12)7-8-16-14(17)5-6-15(16)18/h3-6,10-13H,2,7-9H2,1H3. The highest BCUT2D eigenvalue weighted by Gasteiger charge is 2.43. The van der Waals surface area contributed by atoms with Gasteiger partial charge in [0.05, 0.1) is 0 Å². The van der Waals surface area contributed by atoms with Gasteiger partial charge < -0.3 is 0 Å². The van der Waals surface area contributed by atoms with Gasteiger partial charge in [-0.05, 0) is 36.5 Å². The molecule has 4 atom stereocenters. The average molecular weight is 245 g/mol. The van der Waals surface area contributed by atoms with Gasteiger partial charge in [-0.1, -0.05) is 25.5 Å². The van der Waals surface area contributed by atoms with Gasteiger partial charge in [-0.15, -0.1) is 0 Å². The zero-order chi connectivity index (χ0) is 12.7. The maximum Gasteiger partial charge on any atom is 0.253 e. The fraction of sp³-hybridized carbons (Fsp3) is 0.600. The predicted octanol–water partition coefficient (Wildman–Crippen LogP) is 2.15. The minimum absolute atomic E-state index is 0.147. The molecule has 96 valence electrons. The SMILES string of the molecule is CCC1C2C=CC(C2)C1CCN1C(=O)C=CC1=O. The molecule has 1 saturated carbocycles. The van der Waals surface area contributed by atoms with Crippen molar-refractivity contribution in [1.29, 1.82) is 0 Å². The number of carbonyl (C=O) groups excluding carboxylic acids is 2. The van der Waals surface area contributed by atoms with Gasteiger partial charge in [0, 0.05) is 18.7 Å². The van der Waals surface area contributed by atoms with E-state index in [9.17, 15) is 9.59 Å². The van der Waals surface area contributed by atoms with Crippen molar-refractivity contribution in [2.75, 3.05) is 6.54 Å². The van der Waals surface area contributed by atoms with E-state index < -0.39 is 0 Å². The van der Waals surface area contributed by atoms with Gasteiger partial charge in [-0.25, -0.2) is 0 Å². The molecule has 0 N–H and O–H groups in total. The Morgan fingerprint density at radius 2 is 1.72 bits per heavy atom. The largest absolute Gasteiger partial charge is 0.275 e. The lowest BCUT2D eigenvalue weighted by molar-refractivity contribution is -0.137. The highest BCUT2D eigenvalue weighted by Crippen LogP contribution is 2.50. The van der Waals surface area contributed by atoms with Crippen LogP contribution in [-0.2, 0) is 9.59 Å². The first-order chi connectivity index (χ1) is 8.70. The van der Waals surface area contributed by atoms with Gasteiger partial charge in [0.2, 0.25) is 0 Å². The van der Waals surface area contributed by atoms with Crippen molar-refractivity contribution in [1.82, 2.24) is 4.90 Å². The van der Waals surface area contributed by atoms with E-state index in [-0.39, 0.29) is 11.8 Å². The summed E-state index contributed by atoms with van der Waals surface area (Å²) in [5.74, 6) is 2.54. The van der Waals surface area contributed by atoms with E-state index in [1.54, 1.807) is 0 Å². The number of imide groups is 1. The van der Waals surface area contributed by atoms with E-state index in [0.29, 0.717) is 18.4 Å². The topological polar surface area (TPSA) is 37.4 Å². The van der Waals surface area contributed by atoms with Crippen LogP contribution >= 0.6 is 0 Å². The van der Waals surface area contributed by atoms with Crippen LogP contribution in [0.25, 0.3) is 0 Å². The third kappa shape index (κ3) is 1.73. The highest BCUT2D eigenvalue weighted by atomic mass is 16.2. The number of rotatable bonds is 4. The normalized spacial score (nSPS) is 37.3. The van der Waals surface area contributed by atoms with Crippen molar-refractivity contribution in [3.05, 3.63) is 24.3 Å². The lowest BCUT2D eigenvalue weighted by Crippen LogP contribution is -2.33. The van der Waals surface area contributed by atoms with Crippen LogP contribution in [0, 0.1) is 23.7 Å². The molecule has 2 bridgehead atoms. The van der Waals surface area contributed by atoms with Gasteiger partial charge >= 0.3 is 0 Å². The highest BCUT2D eigenvalue weighted by molar-refractivity contribution is 6.12. The summed E-state index contributed by atoms with van der Waals surface area (Å²) in [5, 5.41) is 0. The van der Waals surface area contributed by atoms with E-state index >= 15 is 0 Å². The van der Waals surface area contributed by atoms with Crippen molar-refractivity contribution in [2.24, 2.45) is 23.7 Å². The summed E-state index contributed by atoms with van der Waals surface area (Å²) in [6.45, 7) is 2.84. The summed E-state index contributed by atoms with van der Waals surface area (Å²) in [7, 11) is 0. The molecule has 3 heteroatoms. The second kappa shape index (κ2) is 4.38. The Labute approximate surface area is 108 Å². The maximum atomic E-state index is 11.5. The van der Waals surface area contributed by atoms with Crippen LogP contribution < -0.4 is 0 Å². The molecule has 0 spiro atoms. The molecular formula is C15H19NO2. The Morgan fingerprint density at radius 1 is 1.11 bits per heavy atom. The molecule has 3 rings (SSSR count). The molecule has 0 aromatic heterocycles. The lowest BCUT2D eigenvalue weighted by Gasteiger charge is -2.28. The lowest BCUT2D eigenvalue weighted by atomic mass is 9.79. The zero-order valence-corrected chi connectivity index (χ0v) is 10.7. The second-order valence-electron chi connectivity index (χ2n) is 5.63. The molecule has 3 nitrogen and oxygen atoms in total. The fourth-order valence-corrected chi connectivity index (χ4v) is 3.99. The number of fused-ring (bicyclic) bond motifs is 2. The van der Waals surface area contributed by atoms with E-state index in [0.717, 1.165) is 18.3 Å². The maximum absolute atomic E-state index is 11.5. The number of amides is 2. The van der Waals surface area contributed by atoms with Crippen LogP contribution in [0.1, 0.15) is 26.2 Å². The number of hydrogen-bond donors (Lipinski definition) is 0. The number of carbonyl (C=O) groups is 2. The molecule has 1 fully saturated rings. The van der Waals surface area contributed by atoms with Gasteiger partial charge in [-0.3, -0.25) is 14.5 Å². The molecule has 2 aliphatic carbocycles. The van der Waals surface area contributed by atoms with Gasteiger partial charge in [0.15, 0.2) is 0 Å². The van der Waals surface area contributed by atoms with Crippen molar-refractivity contribution in [2.45, 2.75) is 26.2 Å². The summed E-state index contributed by atoms with van der Waals surface area (Å²) in [6, 6.07) is 0. The number of allylic oxidation sites excluding steroid dienone is 2. The Morgan fingerprint density at radius 3 is 2.33 bits per heavy atom. The van der Waals surface area contributed by atoms with Crippen molar-refractivity contribution < 1.29 is 9.59 Å². The van der Waals surface area contributed by atoms with Crippen LogP contribution in [0.2, 0.25) is 0 Å². The van der Waals surface area contributed by atoms with Crippen LogP contribution in [0.3, 0.4) is 0 Å². The third-order valence-corrected chi connectivity index (χ3v) is 4.86. The van der Waals surface area contributed by atoms with Crippen LogP contribution in [0.15, 0.2) is 24.3 Å². The molecule has 4 unspecified atom stereocenters. The van der Waals surface area contributed by atoms with Gasteiger partial charge in [0.1, 0.15) is 0 Å². The van der Waals surface area contributed by atoms with E-state index in [2.05, 4.69) is 19.1 Å². The molecule has 0 aromatic rings. The minimum Gasteiger partial charge on any atom is -0.275 e. The molecule has 0 saturated heterocycles. The molecule has 0 radical (unpaired) electrons. The van der Waals surface area contributed by atoms with Crippen molar-refractivity contribution in [3.8, 4) is 0 Å². The first kappa shape index (κ1) is 11.7. The molecular weight excluding hydrogens is 226 g/mol. The molecule has 1 heterocycles. The van der Waals surface area contributed by atoms with E-state index in [1.165, 1.54) is 29.9 Å². The number of nitrogens with zero attached hydrogens (tertiary/aromatic N) is 1. The first-order valence-corrected chi connectivity index (χ1v) is 6.92. The summed E-state index contributed by atoms with van der Waals surface area (Å²) < 4.78 is 0. The van der Waals surface area contributed by atoms with E-state index in [4.69, 9.17) is 0 Å². The smallest absolute Gasteiger partial charge is 0.253 e. The summed E-state index contributed by atoms with van der Waals surface area (Å²) >= 11 is 0. The quantitative estimate of drug-likeness (QED) is 0.562. The third-order valence-electron chi connectivity index (χ3n) is 4.86.